The molecule has 1 N–H and O–H groups in total. The van der Waals surface area contributed by atoms with Crippen LogP contribution in [0.2, 0.25) is 0 Å². The molecule has 0 bridgehead atoms. The summed E-state index contributed by atoms with van der Waals surface area (Å²) in [6.07, 6.45) is 3.62. The highest BCUT2D eigenvalue weighted by Crippen LogP contribution is 2.43. The summed E-state index contributed by atoms with van der Waals surface area (Å²) in [7, 11) is 0. The molecule has 2 aromatic carbocycles. The van der Waals surface area contributed by atoms with E-state index in [1.807, 2.05) is 25.1 Å². The first kappa shape index (κ1) is 23.9. The number of anilines is 1. The Hall–Kier alpha value is -3.35. The predicted molar refractivity (Wildman–Crippen MR) is 117 cm³/mol. The molecule has 0 fully saturated rings. The van der Waals surface area contributed by atoms with Crippen LogP contribution in [0, 0.1) is 0 Å². The highest BCUT2D eigenvalue weighted by molar-refractivity contribution is 5.95. The quantitative estimate of drug-likeness (QED) is 0.336. The van der Waals surface area contributed by atoms with E-state index in [-0.39, 0.29) is 29.0 Å². The van der Waals surface area contributed by atoms with Gasteiger partial charge in [0, 0.05) is 20.8 Å². The molecule has 1 unspecified atom stereocenters. The molecule has 31 heavy (non-hydrogen) atoms. The van der Waals surface area contributed by atoms with Crippen molar-refractivity contribution in [3.8, 4) is 17.2 Å². The zero-order chi connectivity index (χ0) is 22.8. The zero-order valence-electron chi connectivity index (χ0n) is 18.4. The van der Waals surface area contributed by atoms with Crippen molar-refractivity contribution in [2.24, 2.45) is 0 Å². The molecule has 0 radical (unpaired) electrons. The van der Waals surface area contributed by atoms with Crippen LogP contribution in [-0.2, 0) is 20.8 Å². The Morgan fingerprint density at radius 1 is 0.871 bits per heavy atom. The molecule has 0 spiro atoms. The molecule has 1 amide bonds. The van der Waals surface area contributed by atoms with Crippen molar-refractivity contribution in [3.05, 3.63) is 48.0 Å². The summed E-state index contributed by atoms with van der Waals surface area (Å²) in [5.74, 6) is -1.20. The molecule has 0 aliphatic heterocycles. The monoisotopic (exact) mass is 427 g/mol. The van der Waals surface area contributed by atoms with Crippen LogP contribution in [0.15, 0.2) is 42.5 Å². The van der Waals surface area contributed by atoms with Gasteiger partial charge in [0.1, 0.15) is 5.69 Å². The fourth-order valence-corrected chi connectivity index (χ4v) is 3.10. The van der Waals surface area contributed by atoms with E-state index in [0.29, 0.717) is 0 Å². The summed E-state index contributed by atoms with van der Waals surface area (Å²) in [5.41, 5.74) is 1.38. The van der Waals surface area contributed by atoms with E-state index in [0.717, 1.165) is 25.7 Å². The van der Waals surface area contributed by atoms with Crippen LogP contribution in [0.1, 0.15) is 52.5 Å². The topological polar surface area (TPSA) is 90.9 Å². The third kappa shape index (κ3) is 8.12. The first-order valence-corrected chi connectivity index (χ1v) is 10.3. The average Bonchev–Trinajstić information content (AvgIpc) is 2.69. The molecule has 0 saturated carbocycles. The van der Waals surface area contributed by atoms with Crippen LogP contribution < -0.4 is 19.5 Å². The molecule has 2 rings (SSSR count). The van der Waals surface area contributed by atoms with Crippen molar-refractivity contribution in [2.75, 3.05) is 5.32 Å². The molecule has 1 atom stereocenters. The van der Waals surface area contributed by atoms with Gasteiger partial charge in [0.25, 0.3) is 0 Å². The number of carbonyl (C=O) groups excluding carboxylic acids is 3. The van der Waals surface area contributed by atoms with E-state index in [1.54, 1.807) is 6.07 Å². The number of nitrogens with one attached hydrogen (secondary N) is 1. The number of benzene rings is 2. The molecular weight excluding hydrogens is 398 g/mol. The van der Waals surface area contributed by atoms with Crippen molar-refractivity contribution in [1.82, 2.24) is 0 Å². The fourth-order valence-electron chi connectivity index (χ4n) is 3.10. The first-order valence-electron chi connectivity index (χ1n) is 10.3. The first-order chi connectivity index (χ1) is 14.8. The van der Waals surface area contributed by atoms with Crippen LogP contribution in [-0.4, -0.2) is 23.9 Å². The Balaban J connectivity index is 2.12. The molecule has 0 saturated heterocycles. The Kier molecular flexibility index (Phi) is 9.06. The molecule has 7 nitrogen and oxygen atoms in total. The summed E-state index contributed by atoms with van der Waals surface area (Å²) in [6.45, 7) is 5.72. The minimum atomic E-state index is -0.591. The SMILES string of the molecule is CC(=O)Nc1c(OC(C)=O)ccc(OC(C)CCCCc2ccccc2)c1OC(C)=O. The number of ether oxygens (including phenoxy) is 3. The summed E-state index contributed by atoms with van der Waals surface area (Å²) in [6, 6.07) is 13.3. The predicted octanol–water partition coefficient (Wildman–Crippen LogP) is 4.68. The third-order valence-corrected chi connectivity index (χ3v) is 4.38. The minimum Gasteiger partial charge on any atom is -0.487 e. The Morgan fingerprint density at radius 2 is 1.52 bits per heavy atom. The largest absolute Gasteiger partial charge is 0.487 e. The average molecular weight is 427 g/mol. The van der Waals surface area contributed by atoms with Crippen LogP contribution in [0.4, 0.5) is 5.69 Å². The number of hydrogen-bond acceptors (Lipinski definition) is 6. The maximum Gasteiger partial charge on any atom is 0.308 e. The van der Waals surface area contributed by atoms with Crippen molar-refractivity contribution in [3.63, 3.8) is 0 Å². The van der Waals surface area contributed by atoms with Crippen LogP contribution in [0.25, 0.3) is 0 Å². The number of carbonyl (C=O) groups is 3. The highest BCUT2D eigenvalue weighted by atomic mass is 16.6. The lowest BCUT2D eigenvalue weighted by molar-refractivity contribution is -0.132. The second-order valence-corrected chi connectivity index (χ2v) is 7.29. The summed E-state index contributed by atoms with van der Waals surface area (Å²) in [5, 5.41) is 2.56. The van der Waals surface area contributed by atoms with E-state index in [4.69, 9.17) is 14.2 Å². The zero-order valence-corrected chi connectivity index (χ0v) is 18.4. The van der Waals surface area contributed by atoms with Gasteiger partial charge >= 0.3 is 11.9 Å². The molecule has 0 aliphatic rings. The maximum absolute atomic E-state index is 11.7. The van der Waals surface area contributed by atoms with Gasteiger partial charge in [0.2, 0.25) is 5.91 Å². The number of unbranched alkanes of at least 4 members (excludes halogenated alkanes) is 1. The van der Waals surface area contributed by atoms with Gasteiger partial charge in [-0.1, -0.05) is 30.3 Å². The number of hydrogen-bond donors (Lipinski definition) is 1. The third-order valence-electron chi connectivity index (χ3n) is 4.38. The summed E-state index contributed by atoms with van der Waals surface area (Å²) < 4.78 is 16.5. The fraction of sp³-hybridized carbons (Fsp3) is 0.375. The highest BCUT2D eigenvalue weighted by Gasteiger charge is 2.22. The molecular formula is C24H29NO6. The summed E-state index contributed by atoms with van der Waals surface area (Å²) >= 11 is 0. The van der Waals surface area contributed by atoms with Gasteiger partial charge in [-0.25, -0.2) is 0 Å². The Labute approximate surface area is 182 Å². The van der Waals surface area contributed by atoms with E-state index < -0.39 is 17.8 Å². The van der Waals surface area contributed by atoms with Gasteiger partial charge in [-0.3, -0.25) is 14.4 Å². The van der Waals surface area contributed by atoms with Crippen molar-refractivity contribution in [1.29, 1.82) is 0 Å². The molecule has 7 heteroatoms. The number of esters is 2. The molecule has 2 aromatic rings. The van der Waals surface area contributed by atoms with Gasteiger partial charge in [-0.2, -0.15) is 0 Å². The molecule has 166 valence electrons. The van der Waals surface area contributed by atoms with Crippen LogP contribution in [0.3, 0.4) is 0 Å². The number of rotatable bonds is 10. The number of aryl methyl sites for hydroxylation is 1. The lowest BCUT2D eigenvalue weighted by Crippen LogP contribution is -2.16. The van der Waals surface area contributed by atoms with Gasteiger partial charge in [0.05, 0.1) is 6.10 Å². The Morgan fingerprint density at radius 3 is 2.13 bits per heavy atom. The normalized spacial score (nSPS) is 11.4. The van der Waals surface area contributed by atoms with E-state index in [2.05, 4.69) is 17.4 Å². The van der Waals surface area contributed by atoms with Crippen molar-refractivity contribution in [2.45, 2.75) is 59.5 Å². The van der Waals surface area contributed by atoms with Crippen molar-refractivity contribution >= 4 is 23.5 Å². The molecule has 0 aromatic heterocycles. The van der Waals surface area contributed by atoms with Gasteiger partial charge in [-0.15, -0.1) is 0 Å². The maximum atomic E-state index is 11.7. The molecule has 0 heterocycles. The van der Waals surface area contributed by atoms with E-state index >= 15 is 0 Å². The van der Waals surface area contributed by atoms with Crippen molar-refractivity contribution < 1.29 is 28.6 Å². The van der Waals surface area contributed by atoms with Gasteiger partial charge in [-0.05, 0) is 50.3 Å². The van der Waals surface area contributed by atoms with Gasteiger partial charge in [0.15, 0.2) is 17.2 Å². The number of amides is 1. The lowest BCUT2D eigenvalue weighted by atomic mass is 10.1. The van der Waals surface area contributed by atoms with Crippen LogP contribution in [0.5, 0.6) is 17.2 Å². The molecule has 0 aliphatic carbocycles. The Bertz CT molecular complexity index is 910. The van der Waals surface area contributed by atoms with E-state index in [1.165, 1.54) is 32.4 Å². The smallest absolute Gasteiger partial charge is 0.308 e. The lowest BCUT2D eigenvalue weighted by Gasteiger charge is -2.20. The van der Waals surface area contributed by atoms with Crippen LogP contribution >= 0.6 is 0 Å². The second kappa shape index (κ2) is 11.7. The minimum absolute atomic E-state index is 0.0117. The second-order valence-electron chi connectivity index (χ2n) is 7.29. The standard InChI is InChI=1S/C24H29NO6/c1-16(10-8-9-13-20-11-6-5-7-12-20)29-22-15-14-21(30-18(3)27)23(25-17(2)26)24(22)31-19(4)28/h5-7,11-12,14-16H,8-10,13H2,1-4H3,(H,25,26). The van der Waals surface area contributed by atoms with Gasteiger partial charge < -0.3 is 19.5 Å². The van der Waals surface area contributed by atoms with E-state index in [9.17, 15) is 14.4 Å². The summed E-state index contributed by atoms with van der Waals surface area (Å²) in [4.78, 5) is 34.8.